The second-order valence-electron chi connectivity index (χ2n) is 5.37. The Bertz CT molecular complexity index is 590. The molecule has 1 saturated heterocycles. The Balaban J connectivity index is 1.50. The van der Waals surface area contributed by atoms with Gasteiger partial charge in [0.25, 0.3) is 0 Å². The van der Waals surface area contributed by atoms with Gasteiger partial charge in [-0.25, -0.2) is 0 Å². The Morgan fingerprint density at radius 2 is 2.18 bits per heavy atom. The third-order valence-corrected chi connectivity index (χ3v) is 5.69. The zero-order valence-corrected chi connectivity index (χ0v) is 14.1. The number of aryl methyl sites for hydroxylation is 2. The third-order valence-electron chi connectivity index (χ3n) is 3.79. The van der Waals surface area contributed by atoms with Crippen molar-refractivity contribution in [2.45, 2.75) is 37.4 Å². The number of hydrogen-bond donors (Lipinski definition) is 0. The van der Waals surface area contributed by atoms with Crippen molar-refractivity contribution in [2.75, 3.05) is 18.8 Å². The van der Waals surface area contributed by atoms with E-state index in [4.69, 9.17) is 0 Å². The minimum Gasteiger partial charge on any atom is -0.342 e. The first-order valence-corrected chi connectivity index (χ1v) is 9.50. The predicted octanol–water partition coefficient (Wildman–Crippen LogP) is 2.69. The topological polar surface area (TPSA) is 51.0 Å². The number of piperidine rings is 1. The summed E-state index contributed by atoms with van der Waals surface area (Å²) in [5.41, 5.74) is 0. The molecule has 0 saturated carbocycles. The molecule has 1 aliphatic rings. The van der Waals surface area contributed by atoms with Crippen molar-refractivity contribution in [1.29, 1.82) is 0 Å². The number of aromatic nitrogens is 3. The monoisotopic (exact) mass is 336 g/mol. The number of hydrogen-bond acceptors (Lipinski definition) is 5. The minimum absolute atomic E-state index is 0.220. The maximum atomic E-state index is 12.2. The maximum Gasteiger partial charge on any atom is 0.233 e. The first kappa shape index (κ1) is 15.6. The van der Waals surface area contributed by atoms with Crippen LogP contribution in [0, 0.1) is 0 Å². The molecule has 0 N–H and O–H groups in total. The second kappa shape index (κ2) is 7.78. The number of likely N-dealkylation sites (tertiary alicyclic amines) is 1. The number of thiophene rings is 1. The van der Waals surface area contributed by atoms with Crippen LogP contribution in [0.1, 0.15) is 24.1 Å². The Kier molecular flexibility index (Phi) is 5.50. The summed E-state index contributed by atoms with van der Waals surface area (Å²) in [6.45, 7) is 2.67. The summed E-state index contributed by atoms with van der Waals surface area (Å²) in [6, 6.07) is 4.21. The van der Waals surface area contributed by atoms with E-state index in [0.29, 0.717) is 5.75 Å². The van der Waals surface area contributed by atoms with Gasteiger partial charge in [0.2, 0.25) is 5.91 Å². The summed E-state index contributed by atoms with van der Waals surface area (Å²) in [5, 5.41) is 11.1. The van der Waals surface area contributed by atoms with Gasteiger partial charge in [-0.3, -0.25) is 4.79 Å². The summed E-state index contributed by atoms with van der Waals surface area (Å²) in [4.78, 5) is 15.5. The molecule has 1 amide bonds. The zero-order chi connectivity index (χ0) is 15.2. The van der Waals surface area contributed by atoms with Gasteiger partial charge >= 0.3 is 0 Å². The van der Waals surface area contributed by atoms with Crippen LogP contribution in [-0.2, 0) is 17.8 Å². The molecule has 118 valence electrons. The molecule has 0 aliphatic carbocycles. The highest BCUT2D eigenvalue weighted by atomic mass is 32.2. The normalized spacial score (nSPS) is 15.2. The Morgan fingerprint density at radius 3 is 2.95 bits per heavy atom. The zero-order valence-electron chi connectivity index (χ0n) is 12.5. The van der Waals surface area contributed by atoms with Gasteiger partial charge in [0, 0.05) is 24.5 Å². The fourth-order valence-corrected chi connectivity index (χ4v) is 4.10. The van der Waals surface area contributed by atoms with Crippen LogP contribution >= 0.6 is 23.1 Å². The summed E-state index contributed by atoms with van der Waals surface area (Å²) < 4.78 is 2.04. The standard InChI is InChI=1S/C15H20N4OS2/c20-14(18-7-2-1-3-8-18)11-22-15-17-16-12-19(15)9-6-13-5-4-10-21-13/h4-5,10,12H,1-3,6-9,11H2. The lowest BCUT2D eigenvalue weighted by atomic mass is 10.1. The number of rotatable bonds is 6. The highest BCUT2D eigenvalue weighted by Crippen LogP contribution is 2.18. The molecule has 1 fully saturated rings. The Morgan fingerprint density at radius 1 is 1.32 bits per heavy atom. The van der Waals surface area contributed by atoms with E-state index in [-0.39, 0.29) is 5.91 Å². The smallest absolute Gasteiger partial charge is 0.233 e. The molecule has 0 bridgehead atoms. The Hall–Kier alpha value is -1.34. The molecule has 0 radical (unpaired) electrons. The lowest BCUT2D eigenvalue weighted by molar-refractivity contribution is -0.129. The number of carbonyl (C=O) groups is 1. The lowest BCUT2D eigenvalue weighted by Gasteiger charge is -2.26. The van der Waals surface area contributed by atoms with Crippen molar-refractivity contribution in [3.05, 3.63) is 28.7 Å². The fourth-order valence-electron chi connectivity index (χ4n) is 2.56. The van der Waals surface area contributed by atoms with Gasteiger partial charge in [0.1, 0.15) is 6.33 Å². The van der Waals surface area contributed by atoms with E-state index in [9.17, 15) is 4.79 Å². The fraction of sp³-hybridized carbons (Fsp3) is 0.533. The highest BCUT2D eigenvalue weighted by molar-refractivity contribution is 7.99. The van der Waals surface area contributed by atoms with Crippen molar-refractivity contribution in [2.24, 2.45) is 0 Å². The number of nitrogens with zero attached hydrogens (tertiary/aromatic N) is 4. The van der Waals surface area contributed by atoms with Gasteiger partial charge in [-0.05, 0) is 37.1 Å². The summed E-state index contributed by atoms with van der Waals surface area (Å²) in [6.07, 6.45) is 6.24. The minimum atomic E-state index is 0.220. The summed E-state index contributed by atoms with van der Waals surface area (Å²) in [7, 11) is 0. The van der Waals surface area contributed by atoms with E-state index in [1.54, 1.807) is 17.7 Å². The molecule has 1 aliphatic heterocycles. The summed E-state index contributed by atoms with van der Waals surface area (Å²) in [5.74, 6) is 0.676. The van der Waals surface area contributed by atoms with Gasteiger partial charge in [0.15, 0.2) is 5.16 Å². The van der Waals surface area contributed by atoms with Gasteiger partial charge in [0.05, 0.1) is 5.75 Å². The van der Waals surface area contributed by atoms with Crippen LogP contribution in [0.4, 0.5) is 0 Å². The van der Waals surface area contributed by atoms with Crippen LogP contribution in [-0.4, -0.2) is 44.4 Å². The van der Waals surface area contributed by atoms with Crippen molar-refractivity contribution in [1.82, 2.24) is 19.7 Å². The van der Waals surface area contributed by atoms with Gasteiger partial charge in [-0.1, -0.05) is 17.8 Å². The first-order valence-electron chi connectivity index (χ1n) is 7.64. The number of carbonyl (C=O) groups excluding carboxylic acids is 1. The molecule has 3 rings (SSSR count). The SMILES string of the molecule is O=C(CSc1nncn1CCc1cccs1)N1CCCCC1. The van der Waals surface area contributed by atoms with Crippen LogP contribution in [0.5, 0.6) is 0 Å². The van der Waals surface area contributed by atoms with Crippen LogP contribution in [0.25, 0.3) is 0 Å². The Labute approximate surface area is 138 Å². The molecular formula is C15H20N4OS2. The first-order chi connectivity index (χ1) is 10.8. The molecule has 0 aromatic carbocycles. The number of thioether (sulfide) groups is 1. The van der Waals surface area contributed by atoms with E-state index in [2.05, 4.69) is 27.7 Å². The molecule has 22 heavy (non-hydrogen) atoms. The molecule has 2 aromatic heterocycles. The van der Waals surface area contributed by atoms with Crippen molar-refractivity contribution in [3.63, 3.8) is 0 Å². The molecule has 3 heterocycles. The van der Waals surface area contributed by atoms with Crippen LogP contribution < -0.4 is 0 Å². The molecule has 2 aromatic rings. The van der Waals surface area contributed by atoms with E-state index in [1.165, 1.54) is 23.1 Å². The van der Waals surface area contributed by atoms with E-state index >= 15 is 0 Å². The second-order valence-corrected chi connectivity index (χ2v) is 7.34. The highest BCUT2D eigenvalue weighted by Gasteiger charge is 2.17. The molecule has 7 heteroatoms. The van der Waals surface area contributed by atoms with Crippen molar-refractivity contribution in [3.8, 4) is 0 Å². The average Bonchev–Trinajstić information content (AvgIpc) is 3.23. The summed E-state index contributed by atoms with van der Waals surface area (Å²) >= 11 is 3.26. The van der Waals surface area contributed by atoms with Gasteiger partial charge in [-0.2, -0.15) is 0 Å². The van der Waals surface area contributed by atoms with Crippen molar-refractivity contribution < 1.29 is 4.79 Å². The molecular weight excluding hydrogens is 316 g/mol. The predicted molar refractivity (Wildman–Crippen MR) is 89.2 cm³/mol. The molecule has 0 unspecified atom stereocenters. The van der Waals surface area contributed by atoms with Crippen molar-refractivity contribution >= 4 is 29.0 Å². The largest absolute Gasteiger partial charge is 0.342 e. The third kappa shape index (κ3) is 4.10. The van der Waals surface area contributed by atoms with Crippen LogP contribution in [0.3, 0.4) is 0 Å². The van der Waals surface area contributed by atoms with E-state index < -0.39 is 0 Å². The van der Waals surface area contributed by atoms with E-state index in [1.807, 2.05) is 9.47 Å². The molecule has 0 atom stereocenters. The lowest BCUT2D eigenvalue weighted by Crippen LogP contribution is -2.36. The number of amides is 1. The quantitative estimate of drug-likeness (QED) is 0.761. The van der Waals surface area contributed by atoms with Gasteiger partial charge < -0.3 is 9.47 Å². The average molecular weight is 336 g/mol. The maximum absolute atomic E-state index is 12.2. The molecule has 5 nitrogen and oxygen atoms in total. The van der Waals surface area contributed by atoms with Crippen LogP contribution in [0.15, 0.2) is 29.0 Å². The molecule has 0 spiro atoms. The van der Waals surface area contributed by atoms with Gasteiger partial charge in [-0.15, -0.1) is 21.5 Å². The van der Waals surface area contributed by atoms with E-state index in [0.717, 1.165) is 44.1 Å². The van der Waals surface area contributed by atoms with Crippen LogP contribution in [0.2, 0.25) is 0 Å².